The van der Waals surface area contributed by atoms with Gasteiger partial charge in [-0.1, -0.05) is 41.9 Å². The topological polar surface area (TPSA) is 40.6 Å². The van der Waals surface area contributed by atoms with Crippen LogP contribution in [-0.2, 0) is 6.54 Å². The van der Waals surface area contributed by atoms with Crippen LogP contribution in [-0.4, -0.2) is 30.8 Å². The molecule has 0 saturated carbocycles. The molecule has 0 aliphatic rings. The molecule has 1 aromatic heterocycles. The largest absolute Gasteiger partial charge is 0.337 e. The molecule has 0 aliphatic heterocycles. The van der Waals surface area contributed by atoms with E-state index < -0.39 is 0 Å². The zero-order chi connectivity index (χ0) is 19.4. The minimum atomic E-state index is -0.147. The highest BCUT2D eigenvalue weighted by molar-refractivity contribution is 7.12. The Morgan fingerprint density at radius 3 is 2.30 bits per heavy atom. The Kier molecular flexibility index (Phi) is 5.94. The molecular weight excluding hydrogens is 380 g/mol. The van der Waals surface area contributed by atoms with E-state index in [1.165, 1.54) is 16.2 Å². The van der Waals surface area contributed by atoms with Crippen LogP contribution >= 0.6 is 22.9 Å². The van der Waals surface area contributed by atoms with Crippen LogP contribution in [0.3, 0.4) is 0 Å². The average molecular weight is 399 g/mol. The van der Waals surface area contributed by atoms with Gasteiger partial charge < -0.3 is 9.80 Å². The third kappa shape index (κ3) is 4.38. The van der Waals surface area contributed by atoms with E-state index in [0.29, 0.717) is 27.7 Å². The van der Waals surface area contributed by atoms with E-state index in [-0.39, 0.29) is 11.8 Å². The number of amides is 2. The number of halogens is 1. The second-order valence-corrected chi connectivity index (χ2v) is 7.53. The lowest BCUT2D eigenvalue weighted by Crippen LogP contribution is -2.31. The Morgan fingerprint density at radius 2 is 1.63 bits per heavy atom. The third-order valence-corrected chi connectivity index (χ3v) is 5.32. The van der Waals surface area contributed by atoms with Crippen molar-refractivity contribution in [2.24, 2.45) is 0 Å². The molecule has 0 atom stereocenters. The predicted octanol–water partition coefficient (Wildman–Crippen LogP) is 4.95. The summed E-state index contributed by atoms with van der Waals surface area (Å²) in [5, 5.41) is 2.52. The van der Waals surface area contributed by atoms with Crippen LogP contribution in [0.5, 0.6) is 0 Å². The lowest BCUT2D eigenvalue weighted by Gasteiger charge is -2.23. The molecular formula is C21H19ClN2O2S. The summed E-state index contributed by atoms with van der Waals surface area (Å²) in [6, 6.07) is 18.2. The van der Waals surface area contributed by atoms with Crippen molar-refractivity contribution in [2.75, 3.05) is 19.0 Å². The van der Waals surface area contributed by atoms with Crippen LogP contribution in [0.4, 0.5) is 5.69 Å². The van der Waals surface area contributed by atoms with Gasteiger partial charge in [0.25, 0.3) is 11.8 Å². The van der Waals surface area contributed by atoms with Crippen molar-refractivity contribution < 1.29 is 9.59 Å². The summed E-state index contributed by atoms with van der Waals surface area (Å²) >= 11 is 7.30. The minimum Gasteiger partial charge on any atom is -0.337 e. The Bertz CT molecular complexity index is 939. The molecule has 0 radical (unpaired) electrons. The maximum Gasteiger partial charge on any atom is 0.268 e. The van der Waals surface area contributed by atoms with Gasteiger partial charge in [0.05, 0.1) is 16.1 Å². The molecule has 4 nitrogen and oxygen atoms in total. The first-order valence-corrected chi connectivity index (χ1v) is 9.63. The van der Waals surface area contributed by atoms with E-state index in [2.05, 4.69) is 0 Å². The van der Waals surface area contributed by atoms with Gasteiger partial charge in [0.1, 0.15) is 0 Å². The van der Waals surface area contributed by atoms with Crippen molar-refractivity contribution in [1.82, 2.24) is 4.90 Å². The van der Waals surface area contributed by atoms with Crippen LogP contribution < -0.4 is 4.90 Å². The fraction of sp³-hybridized carbons (Fsp3) is 0.143. The second-order valence-electron chi connectivity index (χ2n) is 6.15. The van der Waals surface area contributed by atoms with Crippen LogP contribution in [0.1, 0.15) is 25.6 Å². The third-order valence-electron chi connectivity index (χ3n) is 4.21. The summed E-state index contributed by atoms with van der Waals surface area (Å²) in [6.07, 6.45) is 0. The molecule has 0 fully saturated rings. The van der Waals surface area contributed by atoms with Crippen molar-refractivity contribution >= 4 is 40.4 Å². The summed E-state index contributed by atoms with van der Waals surface area (Å²) in [5.41, 5.74) is 2.06. The number of rotatable bonds is 5. The highest BCUT2D eigenvalue weighted by atomic mass is 35.5. The van der Waals surface area contributed by atoms with Crippen molar-refractivity contribution in [1.29, 1.82) is 0 Å². The van der Waals surface area contributed by atoms with Gasteiger partial charge in [-0.05, 0) is 41.3 Å². The summed E-state index contributed by atoms with van der Waals surface area (Å²) in [7, 11) is 3.43. The fourth-order valence-electron chi connectivity index (χ4n) is 2.76. The number of benzene rings is 2. The van der Waals surface area contributed by atoms with Crippen molar-refractivity contribution in [3.05, 3.63) is 87.1 Å². The van der Waals surface area contributed by atoms with Gasteiger partial charge in [0.15, 0.2) is 0 Å². The number of para-hydroxylation sites is 1. The molecule has 2 aromatic carbocycles. The molecule has 2 amide bonds. The molecule has 6 heteroatoms. The molecule has 0 N–H and O–H groups in total. The first-order valence-electron chi connectivity index (χ1n) is 8.38. The molecule has 0 aliphatic carbocycles. The zero-order valence-electron chi connectivity index (χ0n) is 15.1. The number of hydrogen-bond acceptors (Lipinski definition) is 3. The quantitative estimate of drug-likeness (QED) is 0.610. The van der Waals surface area contributed by atoms with Gasteiger partial charge in [-0.25, -0.2) is 0 Å². The molecule has 0 unspecified atom stereocenters. The SMILES string of the molecule is CN(Cc1ccc(Cl)cc1)C(=O)c1ccccc1N(C)C(=O)c1cccs1. The maximum atomic E-state index is 13.0. The molecule has 3 aromatic rings. The van der Waals surface area contributed by atoms with Crippen LogP contribution in [0.2, 0.25) is 5.02 Å². The van der Waals surface area contributed by atoms with Crippen LogP contribution in [0.15, 0.2) is 66.0 Å². The zero-order valence-corrected chi connectivity index (χ0v) is 16.6. The van der Waals surface area contributed by atoms with Gasteiger partial charge in [-0.2, -0.15) is 0 Å². The van der Waals surface area contributed by atoms with Crippen LogP contribution in [0.25, 0.3) is 0 Å². The number of hydrogen-bond donors (Lipinski definition) is 0. The average Bonchev–Trinajstić information content (AvgIpc) is 3.22. The highest BCUT2D eigenvalue weighted by Crippen LogP contribution is 2.24. The Labute approximate surface area is 167 Å². The van der Waals surface area contributed by atoms with Crippen LogP contribution in [0, 0.1) is 0 Å². The molecule has 0 bridgehead atoms. The number of carbonyl (C=O) groups excluding carboxylic acids is 2. The Hall–Kier alpha value is -2.63. The summed E-state index contributed by atoms with van der Waals surface area (Å²) in [6.45, 7) is 0.451. The van der Waals surface area contributed by atoms with Gasteiger partial charge in [0, 0.05) is 25.7 Å². The van der Waals surface area contributed by atoms with E-state index in [1.54, 1.807) is 55.4 Å². The predicted molar refractivity (Wildman–Crippen MR) is 111 cm³/mol. The van der Waals surface area contributed by atoms with Gasteiger partial charge in [0.2, 0.25) is 0 Å². The Balaban J connectivity index is 1.82. The molecule has 0 spiro atoms. The number of thiophene rings is 1. The van der Waals surface area contributed by atoms with Gasteiger partial charge in [-0.3, -0.25) is 9.59 Å². The number of anilines is 1. The van der Waals surface area contributed by atoms with Crippen molar-refractivity contribution in [3.8, 4) is 0 Å². The van der Waals surface area contributed by atoms with E-state index in [9.17, 15) is 9.59 Å². The molecule has 138 valence electrons. The minimum absolute atomic E-state index is 0.134. The van der Waals surface area contributed by atoms with E-state index >= 15 is 0 Å². The molecule has 27 heavy (non-hydrogen) atoms. The maximum absolute atomic E-state index is 13.0. The fourth-order valence-corrected chi connectivity index (χ4v) is 3.59. The number of carbonyl (C=O) groups is 2. The van der Waals surface area contributed by atoms with Gasteiger partial charge >= 0.3 is 0 Å². The normalized spacial score (nSPS) is 10.5. The summed E-state index contributed by atoms with van der Waals surface area (Å²) < 4.78 is 0. The van der Waals surface area contributed by atoms with Crippen molar-refractivity contribution in [2.45, 2.75) is 6.54 Å². The first kappa shape index (κ1) is 19.1. The number of nitrogens with zero attached hydrogens (tertiary/aromatic N) is 2. The van der Waals surface area contributed by atoms with E-state index in [4.69, 9.17) is 11.6 Å². The van der Waals surface area contributed by atoms with Crippen molar-refractivity contribution in [3.63, 3.8) is 0 Å². The molecule has 3 rings (SSSR count). The van der Waals surface area contributed by atoms with E-state index in [0.717, 1.165) is 5.56 Å². The second kappa shape index (κ2) is 8.37. The standard InChI is InChI=1S/C21H19ClN2O2S/c1-23(14-15-9-11-16(22)12-10-15)20(25)17-6-3-4-7-18(17)24(2)21(26)19-8-5-13-27-19/h3-13H,14H2,1-2H3. The van der Waals surface area contributed by atoms with Gasteiger partial charge in [-0.15, -0.1) is 11.3 Å². The monoisotopic (exact) mass is 398 g/mol. The lowest BCUT2D eigenvalue weighted by molar-refractivity contribution is 0.0786. The van der Waals surface area contributed by atoms with E-state index in [1.807, 2.05) is 29.6 Å². The Morgan fingerprint density at radius 1 is 0.926 bits per heavy atom. The first-order chi connectivity index (χ1) is 13.0. The smallest absolute Gasteiger partial charge is 0.268 e. The molecule has 1 heterocycles. The lowest BCUT2D eigenvalue weighted by atomic mass is 10.1. The summed E-state index contributed by atoms with van der Waals surface area (Å²) in [4.78, 5) is 29.5. The highest BCUT2D eigenvalue weighted by Gasteiger charge is 2.22. The molecule has 0 saturated heterocycles. The summed E-state index contributed by atoms with van der Waals surface area (Å²) in [5.74, 6) is -0.281.